The summed E-state index contributed by atoms with van der Waals surface area (Å²) in [6, 6.07) is 4.24. The van der Waals surface area contributed by atoms with Gasteiger partial charge in [0, 0.05) is 25.7 Å². The maximum Gasteiger partial charge on any atom is 0.140 e. The van der Waals surface area contributed by atoms with Crippen LogP contribution in [0, 0.1) is 6.92 Å². The summed E-state index contributed by atoms with van der Waals surface area (Å²) in [5.74, 6) is 0. The maximum absolute atomic E-state index is 4.76. The molecule has 3 heteroatoms. The SMILES string of the molecule is CCN1CCc2nc3c(C)cccn3c2C1. The lowest BCUT2D eigenvalue weighted by Gasteiger charge is -2.24. The standard InChI is InChI=1S/C13H17N3/c1-3-15-8-6-11-12(9-15)16-7-4-5-10(2)13(16)14-11/h4-5,7H,3,6,8-9H2,1-2H3. The van der Waals surface area contributed by atoms with Crippen molar-refractivity contribution in [2.75, 3.05) is 13.1 Å². The number of aryl methyl sites for hydroxylation is 1. The van der Waals surface area contributed by atoms with Crippen molar-refractivity contribution in [1.29, 1.82) is 0 Å². The van der Waals surface area contributed by atoms with Crippen molar-refractivity contribution in [3.05, 3.63) is 35.3 Å². The summed E-state index contributed by atoms with van der Waals surface area (Å²) < 4.78 is 2.26. The molecule has 0 fully saturated rings. The van der Waals surface area contributed by atoms with Gasteiger partial charge in [-0.05, 0) is 25.1 Å². The van der Waals surface area contributed by atoms with Crippen LogP contribution in [0.3, 0.4) is 0 Å². The van der Waals surface area contributed by atoms with Crippen LogP contribution in [0.5, 0.6) is 0 Å². The number of pyridine rings is 1. The molecular weight excluding hydrogens is 198 g/mol. The number of aromatic nitrogens is 2. The van der Waals surface area contributed by atoms with Gasteiger partial charge in [0.25, 0.3) is 0 Å². The van der Waals surface area contributed by atoms with Crippen molar-refractivity contribution < 1.29 is 0 Å². The van der Waals surface area contributed by atoms with Gasteiger partial charge in [-0.3, -0.25) is 4.90 Å². The normalized spacial score (nSPS) is 16.6. The van der Waals surface area contributed by atoms with E-state index in [1.54, 1.807) is 0 Å². The van der Waals surface area contributed by atoms with Crippen molar-refractivity contribution in [2.45, 2.75) is 26.8 Å². The smallest absolute Gasteiger partial charge is 0.140 e. The Kier molecular flexibility index (Phi) is 2.21. The highest BCUT2D eigenvalue weighted by Crippen LogP contribution is 2.21. The predicted octanol–water partition coefficient (Wildman–Crippen LogP) is 2.02. The fraction of sp³-hybridized carbons (Fsp3) is 0.462. The summed E-state index contributed by atoms with van der Waals surface area (Å²) >= 11 is 0. The first-order chi connectivity index (χ1) is 7.79. The van der Waals surface area contributed by atoms with Gasteiger partial charge in [0.2, 0.25) is 0 Å². The molecule has 0 N–H and O–H groups in total. The minimum absolute atomic E-state index is 1.04. The molecule has 0 amide bonds. The molecule has 0 aliphatic carbocycles. The molecular formula is C13H17N3. The van der Waals surface area contributed by atoms with Crippen molar-refractivity contribution in [1.82, 2.24) is 14.3 Å². The molecule has 84 valence electrons. The first-order valence-corrected chi connectivity index (χ1v) is 5.97. The quantitative estimate of drug-likeness (QED) is 0.725. The molecule has 0 saturated carbocycles. The number of hydrogen-bond donors (Lipinski definition) is 0. The van der Waals surface area contributed by atoms with Crippen LogP contribution in [0.15, 0.2) is 18.3 Å². The zero-order valence-electron chi connectivity index (χ0n) is 9.90. The van der Waals surface area contributed by atoms with Crippen LogP contribution in [0.4, 0.5) is 0 Å². The number of hydrogen-bond acceptors (Lipinski definition) is 2. The average Bonchev–Trinajstić information content (AvgIpc) is 2.68. The predicted molar refractivity (Wildman–Crippen MR) is 64.6 cm³/mol. The van der Waals surface area contributed by atoms with Crippen LogP contribution in [-0.2, 0) is 13.0 Å². The Morgan fingerprint density at radius 2 is 2.31 bits per heavy atom. The lowest BCUT2D eigenvalue weighted by Crippen LogP contribution is -2.30. The Bertz CT molecular complexity index is 527. The van der Waals surface area contributed by atoms with Crippen LogP contribution < -0.4 is 0 Å². The minimum atomic E-state index is 1.04. The van der Waals surface area contributed by atoms with Crippen molar-refractivity contribution >= 4 is 5.65 Å². The van der Waals surface area contributed by atoms with Gasteiger partial charge in [-0.15, -0.1) is 0 Å². The molecule has 0 atom stereocenters. The largest absolute Gasteiger partial charge is 0.302 e. The Morgan fingerprint density at radius 3 is 3.12 bits per heavy atom. The number of imidazole rings is 1. The highest BCUT2D eigenvalue weighted by atomic mass is 15.2. The first-order valence-electron chi connectivity index (χ1n) is 5.97. The lowest BCUT2D eigenvalue weighted by atomic mass is 10.1. The van der Waals surface area contributed by atoms with E-state index < -0.39 is 0 Å². The van der Waals surface area contributed by atoms with Crippen LogP contribution in [0.2, 0.25) is 0 Å². The number of rotatable bonds is 1. The molecule has 0 bridgehead atoms. The van der Waals surface area contributed by atoms with Gasteiger partial charge in [0.15, 0.2) is 0 Å². The molecule has 0 aromatic carbocycles. The van der Waals surface area contributed by atoms with E-state index in [1.165, 1.54) is 17.0 Å². The summed E-state index contributed by atoms with van der Waals surface area (Å²) in [5.41, 5.74) is 5.07. The highest BCUT2D eigenvalue weighted by molar-refractivity contribution is 5.50. The number of likely N-dealkylation sites (N-methyl/N-ethyl adjacent to an activating group) is 1. The van der Waals surface area contributed by atoms with Gasteiger partial charge in [0.1, 0.15) is 5.65 Å². The van der Waals surface area contributed by atoms with Crippen LogP contribution in [-0.4, -0.2) is 27.4 Å². The summed E-state index contributed by atoms with van der Waals surface area (Å²) in [5, 5.41) is 0. The summed E-state index contributed by atoms with van der Waals surface area (Å²) in [6.07, 6.45) is 3.22. The Labute approximate surface area is 95.7 Å². The second-order valence-electron chi connectivity index (χ2n) is 4.51. The molecule has 2 aromatic rings. The summed E-state index contributed by atoms with van der Waals surface area (Å²) in [6.45, 7) is 7.66. The van der Waals surface area contributed by atoms with E-state index in [-0.39, 0.29) is 0 Å². The van der Waals surface area contributed by atoms with E-state index in [0.717, 1.165) is 31.7 Å². The van der Waals surface area contributed by atoms with Gasteiger partial charge >= 0.3 is 0 Å². The van der Waals surface area contributed by atoms with Crippen molar-refractivity contribution in [3.63, 3.8) is 0 Å². The van der Waals surface area contributed by atoms with E-state index in [2.05, 4.69) is 41.5 Å². The lowest BCUT2D eigenvalue weighted by molar-refractivity contribution is 0.262. The topological polar surface area (TPSA) is 20.5 Å². The number of nitrogens with zero attached hydrogens (tertiary/aromatic N) is 3. The Hall–Kier alpha value is -1.35. The molecule has 3 nitrogen and oxygen atoms in total. The van der Waals surface area contributed by atoms with E-state index in [1.807, 2.05) is 0 Å². The number of fused-ring (bicyclic) bond motifs is 3. The molecule has 0 unspecified atom stereocenters. The zero-order valence-corrected chi connectivity index (χ0v) is 9.90. The van der Waals surface area contributed by atoms with Crippen molar-refractivity contribution in [2.24, 2.45) is 0 Å². The Balaban J connectivity index is 2.18. The van der Waals surface area contributed by atoms with E-state index >= 15 is 0 Å². The van der Waals surface area contributed by atoms with E-state index in [0.29, 0.717) is 0 Å². The zero-order chi connectivity index (χ0) is 11.1. The fourth-order valence-corrected chi connectivity index (χ4v) is 2.49. The van der Waals surface area contributed by atoms with Gasteiger partial charge < -0.3 is 4.40 Å². The van der Waals surface area contributed by atoms with Crippen LogP contribution in [0.25, 0.3) is 5.65 Å². The molecule has 0 saturated heterocycles. The molecule has 1 aliphatic heterocycles. The fourth-order valence-electron chi connectivity index (χ4n) is 2.49. The van der Waals surface area contributed by atoms with Crippen LogP contribution >= 0.6 is 0 Å². The molecule has 0 radical (unpaired) electrons. The molecule has 0 spiro atoms. The summed E-state index contributed by atoms with van der Waals surface area (Å²) in [7, 11) is 0. The van der Waals surface area contributed by atoms with Gasteiger partial charge in [-0.25, -0.2) is 4.98 Å². The second kappa shape index (κ2) is 3.59. The molecule has 16 heavy (non-hydrogen) atoms. The first kappa shape index (κ1) is 9.85. The third-order valence-corrected chi connectivity index (χ3v) is 3.51. The van der Waals surface area contributed by atoms with Crippen molar-refractivity contribution in [3.8, 4) is 0 Å². The second-order valence-corrected chi connectivity index (χ2v) is 4.51. The van der Waals surface area contributed by atoms with Gasteiger partial charge in [-0.1, -0.05) is 13.0 Å². The molecule has 3 rings (SSSR count). The highest BCUT2D eigenvalue weighted by Gasteiger charge is 2.20. The third kappa shape index (κ3) is 1.35. The molecule has 3 heterocycles. The molecule has 2 aromatic heterocycles. The maximum atomic E-state index is 4.76. The van der Waals surface area contributed by atoms with Crippen LogP contribution in [0.1, 0.15) is 23.9 Å². The molecule has 1 aliphatic rings. The van der Waals surface area contributed by atoms with E-state index in [4.69, 9.17) is 4.98 Å². The summed E-state index contributed by atoms with van der Waals surface area (Å²) in [4.78, 5) is 7.23. The average molecular weight is 215 g/mol. The minimum Gasteiger partial charge on any atom is -0.302 e. The third-order valence-electron chi connectivity index (χ3n) is 3.51. The van der Waals surface area contributed by atoms with Gasteiger partial charge in [0.05, 0.1) is 11.4 Å². The Morgan fingerprint density at radius 1 is 1.44 bits per heavy atom. The van der Waals surface area contributed by atoms with Gasteiger partial charge in [-0.2, -0.15) is 0 Å². The van der Waals surface area contributed by atoms with E-state index in [9.17, 15) is 0 Å². The monoisotopic (exact) mass is 215 g/mol.